The molecule has 1 aromatic heterocycles. The molecule has 154 valence electrons. The minimum absolute atomic E-state index is 0.0453. The van der Waals surface area contributed by atoms with Crippen molar-refractivity contribution < 1.29 is 9.59 Å². The van der Waals surface area contributed by atoms with Crippen molar-refractivity contribution in [2.75, 3.05) is 32.7 Å². The predicted molar refractivity (Wildman–Crippen MR) is 111 cm³/mol. The van der Waals surface area contributed by atoms with Gasteiger partial charge in [0.2, 0.25) is 11.8 Å². The maximum atomic E-state index is 13.2. The molecule has 1 saturated heterocycles. The molecule has 7 nitrogen and oxygen atoms in total. The van der Waals surface area contributed by atoms with Gasteiger partial charge in [0.05, 0.1) is 18.2 Å². The molecule has 0 radical (unpaired) electrons. The third-order valence-corrected chi connectivity index (χ3v) is 6.12. The molecule has 1 unspecified atom stereocenters. The number of nitrogens with zero attached hydrogens (tertiary/aromatic N) is 4. The third kappa shape index (κ3) is 4.19. The average molecular weight is 396 g/mol. The lowest BCUT2D eigenvalue weighted by molar-refractivity contribution is -0.138. The number of hydrogen-bond acceptors (Lipinski definition) is 4. The van der Waals surface area contributed by atoms with Gasteiger partial charge in [-0.3, -0.25) is 19.2 Å². The van der Waals surface area contributed by atoms with Gasteiger partial charge >= 0.3 is 0 Å². The van der Waals surface area contributed by atoms with E-state index in [0.717, 1.165) is 43.5 Å². The molecule has 3 heterocycles. The zero-order valence-electron chi connectivity index (χ0n) is 17.0. The number of nitrogens with two attached hydrogens (primary N) is 1. The summed E-state index contributed by atoms with van der Waals surface area (Å²) >= 11 is 0. The molecule has 0 saturated carbocycles. The third-order valence-electron chi connectivity index (χ3n) is 6.12. The molecule has 29 heavy (non-hydrogen) atoms. The van der Waals surface area contributed by atoms with E-state index in [1.165, 1.54) is 11.3 Å². The van der Waals surface area contributed by atoms with Crippen molar-refractivity contribution in [1.29, 1.82) is 0 Å². The molecular formula is C22H29N5O2. The second-order valence-electron chi connectivity index (χ2n) is 8.13. The fourth-order valence-electron chi connectivity index (χ4n) is 4.71. The summed E-state index contributed by atoms with van der Waals surface area (Å²) in [5.74, 6) is -0.165. The number of carbonyl (C=O) groups excluding carboxylic acids is 2. The van der Waals surface area contributed by atoms with E-state index in [-0.39, 0.29) is 24.3 Å². The van der Waals surface area contributed by atoms with E-state index < -0.39 is 0 Å². The molecule has 1 aromatic carbocycles. The minimum atomic E-state index is -0.329. The Labute approximate surface area is 171 Å². The average Bonchev–Trinajstić information content (AvgIpc) is 2.89. The first-order chi connectivity index (χ1) is 14.0. The van der Waals surface area contributed by atoms with E-state index in [2.05, 4.69) is 12.1 Å². The molecule has 0 bridgehead atoms. The van der Waals surface area contributed by atoms with E-state index in [0.29, 0.717) is 19.6 Å². The highest BCUT2D eigenvalue weighted by molar-refractivity contribution is 5.80. The fourth-order valence-corrected chi connectivity index (χ4v) is 4.71. The molecule has 1 fully saturated rings. The van der Waals surface area contributed by atoms with Gasteiger partial charge < -0.3 is 10.6 Å². The molecule has 1 atom stereocenters. The van der Waals surface area contributed by atoms with Crippen molar-refractivity contribution in [2.45, 2.75) is 25.7 Å². The predicted octanol–water partition coefficient (Wildman–Crippen LogP) is 1.21. The number of benzene rings is 1. The van der Waals surface area contributed by atoms with Gasteiger partial charge in [-0.2, -0.15) is 5.10 Å². The lowest BCUT2D eigenvalue weighted by atomic mass is 9.96. The largest absolute Gasteiger partial charge is 0.369 e. The Bertz CT molecular complexity index is 892. The number of primary amides is 1. The molecule has 2 aliphatic heterocycles. The summed E-state index contributed by atoms with van der Waals surface area (Å²) in [6.45, 7) is 3.13. The molecule has 2 N–H and O–H groups in total. The van der Waals surface area contributed by atoms with Crippen LogP contribution in [-0.4, -0.2) is 64.1 Å². The van der Waals surface area contributed by atoms with Gasteiger partial charge in [-0.15, -0.1) is 0 Å². The summed E-state index contributed by atoms with van der Waals surface area (Å²) in [5, 5.41) is 4.76. The maximum Gasteiger partial charge on any atom is 0.231 e. The number of carbonyl (C=O) groups is 2. The number of hydrogen-bond donors (Lipinski definition) is 1. The van der Waals surface area contributed by atoms with Crippen molar-refractivity contribution in [3.63, 3.8) is 0 Å². The molecule has 7 heteroatoms. The molecule has 2 aromatic rings. The van der Waals surface area contributed by atoms with Crippen LogP contribution in [0, 0.1) is 5.92 Å². The van der Waals surface area contributed by atoms with E-state index in [9.17, 15) is 9.59 Å². The highest BCUT2D eigenvalue weighted by Crippen LogP contribution is 2.29. The highest BCUT2D eigenvalue weighted by atomic mass is 16.2. The van der Waals surface area contributed by atoms with Crippen molar-refractivity contribution in [1.82, 2.24) is 19.6 Å². The topological polar surface area (TPSA) is 84.5 Å². The first kappa shape index (κ1) is 19.6. The van der Waals surface area contributed by atoms with Crippen LogP contribution in [0.5, 0.6) is 0 Å². The Morgan fingerprint density at radius 2 is 1.90 bits per heavy atom. The van der Waals surface area contributed by atoms with E-state index in [4.69, 9.17) is 10.8 Å². The van der Waals surface area contributed by atoms with E-state index in [1.807, 2.05) is 39.7 Å². The van der Waals surface area contributed by atoms with Crippen molar-refractivity contribution in [2.24, 2.45) is 18.7 Å². The first-order valence-corrected chi connectivity index (χ1v) is 10.4. The molecule has 4 rings (SSSR count). The van der Waals surface area contributed by atoms with Gasteiger partial charge in [-0.25, -0.2) is 0 Å². The molecule has 0 spiro atoms. The summed E-state index contributed by atoms with van der Waals surface area (Å²) in [6.07, 6.45) is 3.44. The number of amides is 2. The van der Waals surface area contributed by atoms with Crippen LogP contribution in [0.15, 0.2) is 30.3 Å². The highest BCUT2D eigenvalue weighted by Gasteiger charge is 2.31. The summed E-state index contributed by atoms with van der Waals surface area (Å²) < 4.78 is 1.97. The second kappa shape index (κ2) is 8.37. The van der Waals surface area contributed by atoms with E-state index >= 15 is 0 Å². The number of likely N-dealkylation sites (tertiary alicyclic amines) is 1. The molecule has 0 aliphatic carbocycles. The lowest BCUT2D eigenvalue weighted by Gasteiger charge is -2.34. The van der Waals surface area contributed by atoms with Gasteiger partial charge in [-0.1, -0.05) is 30.3 Å². The first-order valence-electron chi connectivity index (χ1n) is 10.4. The van der Waals surface area contributed by atoms with E-state index in [1.54, 1.807) is 0 Å². The van der Waals surface area contributed by atoms with Crippen LogP contribution >= 0.6 is 0 Å². The van der Waals surface area contributed by atoms with Crippen LogP contribution in [0.1, 0.15) is 24.1 Å². The van der Waals surface area contributed by atoms with Crippen LogP contribution in [0.3, 0.4) is 0 Å². The number of rotatable bonds is 4. The van der Waals surface area contributed by atoms with Crippen LogP contribution in [0.4, 0.5) is 0 Å². The van der Waals surface area contributed by atoms with Gasteiger partial charge in [0, 0.05) is 49.9 Å². The Balaban J connectivity index is 1.47. The number of piperidine rings is 1. The zero-order chi connectivity index (χ0) is 20.4. The van der Waals surface area contributed by atoms with Gasteiger partial charge in [0.1, 0.15) is 0 Å². The number of aryl methyl sites for hydroxylation is 1. The van der Waals surface area contributed by atoms with Crippen molar-refractivity contribution >= 4 is 11.8 Å². The maximum absolute atomic E-state index is 13.2. The lowest BCUT2D eigenvalue weighted by Crippen LogP contribution is -2.47. The Kier molecular flexibility index (Phi) is 5.67. The zero-order valence-corrected chi connectivity index (χ0v) is 17.0. The van der Waals surface area contributed by atoms with Crippen LogP contribution < -0.4 is 5.73 Å². The fraction of sp³-hybridized carbons (Fsp3) is 0.500. The SMILES string of the molecule is Cn1nc(-c2ccccc2)c2c1CCN(C(=O)C1CCCN(CC(N)=O)C1)CC2. The monoisotopic (exact) mass is 395 g/mol. The second-order valence-corrected chi connectivity index (χ2v) is 8.13. The van der Waals surface area contributed by atoms with Crippen molar-refractivity contribution in [3.05, 3.63) is 41.6 Å². The summed E-state index contributed by atoms with van der Waals surface area (Å²) in [4.78, 5) is 28.5. The van der Waals surface area contributed by atoms with Gasteiger partial charge in [0.25, 0.3) is 0 Å². The standard InChI is InChI=1S/C22H29N5O2/c1-25-19-10-13-27(22(29)17-8-5-11-26(14-17)15-20(23)28)12-9-18(19)21(24-25)16-6-3-2-4-7-16/h2-4,6-7,17H,5,8-15H2,1H3,(H2,23,28). The number of fused-ring (bicyclic) bond motifs is 1. The Morgan fingerprint density at radius 3 is 2.66 bits per heavy atom. The summed E-state index contributed by atoms with van der Waals surface area (Å²) in [7, 11) is 1.99. The van der Waals surface area contributed by atoms with Crippen LogP contribution in [0.2, 0.25) is 0 Å². The smallest absolute Gasteiger partial charge is 0.231 e. The summed E-state index contributed by atoms with van der Waals surface area (Å²) in [5.41, 5.74) is 9.97. The van der Waals surface area contributed by atoms with Crippen LogP contribution in [-0.2, 0) is 29.5 Å². The van der Waals surface area contributed by atoms with Crippen LogP contribution in [0.25, 0.3) is 11.3 Å². The van der Waals surface area contributed by atoms with Crippen molar-refractivity contribution in [3.8, 4) is 11.3 Å². The quantitative estimate of drug-likeness (QED) is 0.843. The molecule has 2 aliphatic rings. The van der Waals surface area contributed by atoms with Gasteiger partial charge in [0.15, 0.2) is 0 Å². The number of aromatic nitrogens is 2. The molecule has 2 amide bonds. The normalized spacial score (nSPS) is 20.2. The Hall–Kier alpha value is -2.67. The molecular weight excluding hydrogens is 366 g/mol. The summed E-state index contributed by atoms with van der Waals surface area (Å²) in [6, 6.07) is 10.3. The minimum Gasteiger partial charge on any atom is -0.369 e. The Morgan fingerprint density at radius 1 is 1.14 bits per heavy atom. The van der Waals surface area contributed by atoms with Gasteiger partial charge in [-0.05, 0) is 25.8 Å².